The van der Waals surface area contributed by atoms with Crippen LogP contribution >= 0.6 is 11.3 Å². The summed E-state index contributed by atoms with van der Waals surface area (Å²) >= 11 is 1.57. The second-order valence-corrected chi connectivity index (χ2v) is 21.4. The molecule has 1 spiro atoms. The second-order valence-electron chi connectivity index (χ2n) is 20.5. The number of nitrogens with one attached hydrogen (secondary N) is 3. The summed E-state index contributed by atoms with van der Waals surface area (Å²) in [7, 11) is 0. The van der Waals surface area contributed by atoms with Gasteiger partial charge in [-0.1, -0.05) is 83.1 Å². The Hall–Kier alpha value is -4.45. The van der Waals surface area contributed by atoms with Crippen molar-refractivity contribution in [1.29, 1.82) is 0 Å². The van der Waals surface area contributed by atoms with Crippen molar-refractivity contribution in [2.45, 2.75) is 155 Å². The molecular formula is C50H67N5O10S. The van der Waals surface area contributed by atoms with Gasteiger partial charge >= 0.3 is 6.09 Å². The molecule has 16 heteroatoms. The van der Waals surface area contributed by atoms with E-state index in [-0.39, 0.29) is 68.8 Å². The average molecular weight is 930 g/mol. The van der Waals surface area contributed by atoms with Crippen LogP contribution in [0.5, 0.6) is 0 Å². The van der Waals surface area contributed by atoms with Crippen LogP contribution in [-0.4, -0.2) is 93.9 Å². The number of likely N-dealkylation sites (tertiary alicyclic amines) is 1. The van der Waals surface area contributed by atoms with Gasteiger partial charge in [0.05, 0.1) is 41.3 Å². The maximum Gasteiger partial charge on any atom is 0.407 e. The standard InChI is InChI=1S/C50H67N5O10S/c1-29-10-19-38-30(2)40(62-46-50(38)37(29)20-21-49(7,63-46)64-65-50)9-8-22-61-47(60)52-26-33-13-11-32(12-14-33)23-41(57)54-43(48(4,5)6)45(59)55-27-36(56)24-39(55)44(58)51-25-34-15-17-35(18-16-34)42-31(3)53-28-66-42/h11-18,28-30,36-40,43,46,56H,8-10,19-27H2,1-7H3,(H,51,58)(H,52,60)(H,54,57)/t29-,30-,36-,37+,38+,39+,40-,43-,46-,49-,50-/m1/s1. The van der Waals surface area contributed by atoms with E-state index in [1.807, 2.05) is 88.7 Å². The van der Waals surface area contributed by atoms with Crippen molar-refractivity contribution in [3.63, 3.8) is 0 Å². The van der Waals surface area contributed by atoms with Gasteiger partial charge in [0, 0.05) is 38.4 Å². The van der Waals surface area contributed by atoms with Gasteiger partial charge in [0.25, 0.3) is 0 Å². The van der Waals surface area contributed by atoms with Crippen LogP contribution in [0.2, 0.25) is 0 Å². The Morgan fingerprint density at radius 2 is 1.65 bits per heavy atom. The van der Waals surface area contributed by atoms with Gasteiger partial charge in [0.1, 0.15) is 12.1 Å². The molecule has 0 unspecified atom stereocenters. The minimum Gasteiger partial charge on any atom is -0.450 e. The van der Waals surface area contributed by atoms with Crippen LogP contribution in [0.25, 0.3) is 10.4 Å². The van der Waals surface area contributed by atoms with Gasteiger partial charge in [-0.2, -0.15) is 0 Å². The first-order valence-electron chi connectivity index (χ1n) is 23.7. The number of aliphatic hydroxyl groups is 1. The number of thiazole rings is 1. The number of benzene rings is 2. The molecule has 2 aromatic carbocycles. The lowest BCUT2D eigenvalue weighted by atomic mass is 9.57. The molecule has 6 heterocycles. The molecule has 5 saturated heterocycles. The van der Waals surface area contributed by atoms with Gasteiger partial charge < -0.3 is 40.2 Å². The third-order valence-electron chi connectivity index (χ3n) is 14.7. The summed E-state index contributed by atoms with van der Waals surface area (Å²) in [5, 5.41) is 19.3. The molecule has 4 N–H and O–H groups in total. The van der Waals surface area contributed by atoms with E-state index < -0.39 is 53.3 Å². The van der Waals surface area contributed by atoms with E-state index in [2.05, 4.69) is 34.8 Å². The predicted molar refractivity (Wildman–Crippen MR) is 246 cm³/mol. The first-order valence-corrected chi connectivity index (χ1v) is 24.6. The number of rotatable bonds is 14. The molecule has 6 fully saturated rings. The number of carbonyl (C=O) groups excluding carboxylic acids is 4. The maximum absolute atomic E-state index is 14.1. The van der Waals surface area contributed by atoms with Gasteiger partial charge in [-0.05, 0) is 91.4 Å². The number of nitrogens with zero attached hydrogens (tertiary/aromatic N) is 2. The highest BCUT2D eigenvalue weighted by Gasteiger charge is 2.69. The predicted octanol–water partition coefficient (Wildman–Crippen LogP) is 6.73. The van der Waals surface area contributed by atoms with Crippen LogP contribution in [0.15, 0.2) is 54.0 Å². The Labute approximate surface area is 391 Å². The minimum atomic E-state index is -0.948. The lowest BCUT2D eigenvalue weighted by Crippen LogP contribution is -2.70. The quantitative estimate of drug-likeness (QED) is 0.0993. The van der Waals surface area contributed by atoms with E-state index in [1.165, 1.54) is 4.90 Å². The molecule has 1 saturated carbocycles. The van der Waals surface area contributed by atoms with E-state index in [9.17, 15) is 24.3 Å². The average Bonchev–Trinajstić information content (AvgIpc) is 3.83. The zero-order chi connectivity index (χ0) is 47.0. The molecule has 358 valence electrons. The van der Waals surface area contributed by atoms with E-state index in [1.54, 1.807) is 11.3 Å². The Bertz CT molecular complexity index is 2210. The molecule has 5 aliphatic heterocycles. The Morgan fingerprint density at radius 3 is 2.35 bits per heavy atom. The molecule has 9 rings (SSSR count). The van der Waals surface area contributed by atoms with E-state index in [4.69, 9.17) is 24.0 Å². The summed E-state index contributed by atoms with van der Waals surface area (Å²) in [5.41, 5.74) is 4.99. The molecule has 1 aromatic heterocycles. The summed E-state index contributed by atoms with van der Waals surface area (Å²) in [6.45, 7) is 14.7. The first kappa shape index (κ1) is 48.0. The Kier molecular flexibility index (Phi) is 14.3. The number of aliphatic hydroxyl groups excluding tert-OH is 1. The van der Waals surface area contributed by atoms with E-state index in [0.29, 0.717) is 18.3 Å². The van der Waals surface area contributed by atoms with Crippen molar-refractivity contribution in [1.82, 2.24) is 25.8 Å². The van der Waals surface area contributed by atoms with Crippen LogP contribution in [0.3, 0.4) is 0 Å². The number of carbonyl (C=O) groups is 4. The number of fused-ring (bicyclic) bond motifs is 2. The van der Waals surface area contributed by atoms with Gasteiger partial charge in [-0.15, -0.1) is 11.3 Å². The monoisotopic (exact) mass is 929 g/mol. The number of ether oxygens (including phenoxy) is 3. The summed E-state index contributed by atoms with van der Waals surface area (Å²) in [6.07, 6.45) is 3.49. The smallest absolute Gasteiger partial charge is 0.407 e. The number of hydrogen-bond donors (Lipinski definition) is 4. The molecule has 15 nitrogen and oxygen atoms in total. The Balaban J connectivity index is 0.772. The molecule has 3 aromatic rings. The topological polar surface area (TPSA) is 187 Å². The minimum absolute atomic E-state index is 0.0107. The highest BCUT2D eigenvalue weighted by molar-refractivity contribution is 7.13. The van der Waals surface area contributed by atoms with Crippen molar-refractivity contribution in [3.8, 4) is 10.4 Å². The van der Waals surface area contributed by atoms with Crippen LogP contribution in [0, 0.1) is 36.0 Å². The fraction of sp³-hybridized carbons (Fsp3) is 0.620. The van der Waals surface area contributed by atoms with Crippen LogP contribution < -0.4 is 16.0 Å². The highest BCUT2D eigenvalue weighted by atomic mass is 32.1. The number of β-amino-alcohol motifs (C(OH)–C–C–N with tert-alkyl or cyclic N) is 1. The van der Waals surface area contributed by atoms with Gasteiger partial charge in [0.15, 0.2) is 11.9 Å². The zero-order valence-corrected chi connectivity index (χ0v) is 40.1. The fourth-order valence-corrected chi connectivity index (χ4v) is 11.7. The largest absolute Gasteiger partial charge is 0.450 e. The van der Waals surface area contributed by atoms with Crippen molar-refractivity contribution in [3.05, 3.63) is 76.4 Å². The van der Waals surface area contributed by atoms with Crippen molar-refractivity contribution in [2.75, 3.05) is 13.2 Å². The summed E-state index contributed by atoms with van der Waals surface area (Å²) in [6, 6.07) is 13.4. The summed E-state index contributed by atoms with van der Waals surface area (Å²) < 4.78 is 18.7. The van der Waals surface area contributed by atoms with Crippen LogP contribution in [0.4, 0.5) is 4.79 Å². The van der Waals surface area contributed by atoms with Crippen molar-refractivity contribution >= 4 is 35.2 Å². The number of alkyl carbamates (subject to hydrolysis) is 1. The van der Waals surface area contributed by atoms with Crippen LogP contribution in [-0.2, 0) is 57.9 Å². The zero-order valence-electron chi connectivity index (χ0n) is 39.3. The molecule has 1 aliphatic carbocycles. The number of aryl methyl sites for hydroxylation is 1. The molecule has 6 aliphatic rings. The number of amides is 4. The SMILES string of the molecule is Cc1ncsc1-c1ccc(CNC(=O)[C@@H]2C[C@@H](O)CN2C(=O)[C@@H](NC(=O)Cc2ccc(CNC(=O)OCCC[C@H]3O[C@@H]4O[C@@]5(C)CC[C@H]6[C@H](C)CC[C@@H]([C@H]3C)[C@@]46OO5)cc2)C(C)(C)C)cc1. The summed E-state index contributed by atoms with van der Waals surface area (Å²) in [4.78, 5) is 72.8. The Morgan fingerprint density at radius 1 is 0.955 bits per heavy atom. The number of aromatic nitrogens is 1. The third-order valence-corrected chi connectivity index (χ3v) is 15.7. The highest BCUT2D eigenvalue weighted by Crippen LogP contribution is 2.60. The van der Waals surface area contributed by atoms with Crippen LogP contribution in [0.1, 0.15) is 109 Å². The van der Waals surface area contributed by atoms with E-state index in [0.717, 1.165) is 64.9 Å². The van der Waals surface area contributed by atoms with Gasteiger partial charge in [-0.3, -0.25) is 14.4 Å². The van der Waals surface area contributed by atoms with Crippen molar-refractivity contribution < 1.29 is 48.3 Å². The molecule has 0 radical (unpaired) electrons. The van der Waals surface area contributed by atoms with Gasteiger partial charge in [0.2, 0.25) is 23.5 Å². The fourth-order valence-electron chi connectivity index (χ4n) is 10.9. The molecular weight excluding hydrogens is 863 g/mol. The lowest BCUT2D eigenvalue weighted by molar-refractivity contribution is -0.571. The number of hydrogen-bond acceptors (Lipinski definition) is 12. The van der Waals surface area contributed by atoms with Gasteiger partial charge in [-0.25, -0.2) is 19.6 Å². The molecule has 4 amide bonds. The second kappa shape index (κ2) is 19.6. The molecule has 66 heavy (non-hydrogen) atoms. The molecule has 2 bridgehead atoms. The summed E-state index contributed by atoms with van der Waals surface area (Å²) in [5.74, 6) is -0.656. The first-order chi connectivity index (χ1) is 31.4. The van der Waals surface area contributed by atoms with E-state index >= 15 is 0 Å². The third kappa shape index (κ3) is 10.2. The van der Waals surface area contributed by atoms with Crippen molar-refractivity contribution in [2.24, 2.45) is 29.1 Å². The normalized spacial score (nSPS) is 30.8. The maximum atomic E-state index is 14.1. The molecule has 11 atom stereocenters. The lowest BCUT2D eigenvalue weighted by Gasteiger charge is -2.60.